The molecule has 1 saturated heterocycles. The average Bonchev–Trinajstić information content (AvgIpc) is 2.77. The lowest BCUT2D eigenvalue weighted by Gasteiger charge is -2.31. The third kappa shape index (κ3) is 4.76. The van der Waals surface area contributed by atoms with Gasteiger partial charge in [-0.3, -0.25) is 4.90 Å². The van der Waals surface area contributed by atoms with E-state index in [1.165, 1.54) is 40.6 Å². The molecular weight excluding hydrogens is 284 g/mol. The second-order valence-electron chi connectivity index (χ2n) is 5.97. The molecule has 4 heteroatoms. The van der Waals surface area contributed by atoms with Crippen LogP contribution in [0.4, 0.5) is 0 Å². The van der Waals surface area contributed by atoms with Crippen LogP contribution in [0, 0.1) is 6.92 Å². The highest BCUT2D eigenvalue weighted by atomic mass is 32.2. The topological polar surface area (TPSA) is 15.3 Å². The minimum atomic E-state index is 0.560. The van der Waals surface area contributed by atoms with Crippen molar-refractivity contribution in [3.63, 3.8) is 0 Å². The minimum Gasteiger partial charge on any atom is -0.310 e. The first-order chi connectivity index (χ1) is 9.58. The Bertz CT molecular complexity index is 415. The molecule has 0 amide bonds. The van der Waals surface area contributed by atoms with Gasteiger partial charge in [0.25, 0.3) is 0 Å². The largest absolute Gasteiger partial charge is 0.310 e. The van der Waals surface area contributed by atoms with Crippen molar-refractivity contribution >= 4 is 23.1 Å². The summed E-state index contributed by atoms with van der Waals surface area (Å²) in [4.78, 5) is 5.61. The van der Waals surface area contributed by atoms with E-state index in [1.54, 1.807) is 0 Å². The molecule has 2 nitrogen and oxygen atoms in total. The van der Waals surface area contributed by atoms with E-state index in [-0.39, 0.29) is 0 Å². The van der Waals surface area contributed by atoms with Crippen LogP contribution in [-0.4, -0.2) is 35.0 Å². The third-order valence-corrected chi connectivity index (χ3v) is 6.29. The maximum absolute atomic E-state index is 3.52. The van der Waals surface area contributed by atoms with Crippen molar-refractivity contribution in [2.45, 2.75) is 58.5 Å². The SMILES string of the molecule is CCC1CN(Cc2cc(CNC(C)C)sc2C)CCS1. The molecule has 1 aliphatic heterocycles. The van der Waals surface area contributed by atoms with Gasteiger partial charge in [-0.25, -0.2) is 0 Å². The summed E-state index contributed by atoms with van der Waals surface area (Å²) in [5, 5.41) is 4.35. The smallest absolute Gasteiger partial charge is 0.0302 e. The zero-order chi connectivity index (χ0) is 14.5. The van der Waals surface area contributed by atoms with Gasteiger partial charge in [-0.1, -0.05) is 20.8 Å². The third-order valence-electron chi connectivity index (χ3n) is 3.83. The van der Waals surface area contributed by atoms with Crippen molar-refractivity contribution in [2.75, 3.05) is 18.8 Å². The lowest BCUT2D eigenvalue weighted by molar-refractivity contribution is 0.273. The molecule has 2 rings (SSSR count). The molecule has 20 heavy (non-hydrogen) atoms. The first-order valence-electron chi connectivity index (χ1n) is 7.74. The van der Waals surface area contributed by atoms with E-state index >= 15 is 0 Å². The van der Waals surface area contributed by atoms with E-state index in [4.69, 9.17) is 0 Å². The maximum atomic E-state index is 3.52. The van der Waals surface area contributed by atoms with E-state index in [2.05, 4.69) is 55.7 Å². The molecule has 1 fully saturated rings. The number of nitrogens with zero attached hydrogens (tertiary/aromatic N) is 1. The fraction of sp³-hybridized carbons (Fsp3) is 0.750. The van der Waals surface area contributed by atoms with Crippen LogP contribution in [0.5, 0.6) is 0 Å². The van der Waals surface area contributed by atoms with Gasteiger partial charge in [-0.05, 0) is 25.0 Å². The molecule has 0 saturated carbocycles. The zero-order valence-electron chi connectivity index (χ0n) is 13.2. The Morgan fingerprint density at radius 2 is 2.25 bits per heavy atom. The van der Waals surface area contributed by atoms with Crippen LogP contribution in [-0.2, 0) is 13.1 Å². The van der Waals surface area contributed by atoms with Crippen molar-refractivity contribution in [2.24, 2.45) is 0 Å². The van der Waals surface area contributed by atoms with Crippen LogP contribution in [0.15, 0.2) is 6.07 Å². The molecule has 0 spiro atoms. The van der Waals surface area contributed by atoms with E-state index in [1.807, 2.05) is 11.3 Å². The Kier molecular flexibility index (Phi) is 6.40. The molecule has 2 heterocycles. The maximum Gasteiger partial charge on any atom is 0.0302 e. The fourth-order valence-corrected chi connectivity index (χ4v) is 4.80. The van der Waals surface area contributed by atoms with Gasteiger partial charge in [-0.15, -0.1) is 11.3 Å². The van der Waals surface area contributed by atoms with Gasteiger partial charge in [0.15, 0.2) is 0 Å². The number of aryl methyl sites for hydroxylation is 1. The second-order valence-corrected chi connectivity index (χ2v) is 8.72. The van der Waals surface area contributed by atoms with Gasteiger partial charge in [0, 0.05) is 53.0 Å². The van der Waals surface area contributed by atoms with E-state index in [9.17, 15) is 0 Å². The molecule has 1 aromatic heterocycles. The Labute approximate surface area is 132 Å². The molecule has 1 atom stereocenters. The summed E-state index contributed by atoms with van der Waals surface area (Å²) in [7, 11) is 0. The van der Waals surface area contributed by atoms with Crippen molar-refractivity contribution in [3.05, 3.63) is 21.4 Å². The molecule has 1 aromatic rings. The number of hydrogen-bond acceptors (Lipinski definition) is 4. The predicted molar refractivity (Wildman–Crippen MR) is 92.8 cm³/mol. The summed E-state index contributed by atoms with van der Waals surface area (Å²) in [6, 6.07) is 2.98. The molecule has 0 aromatic carbocycles. The van der Waals surface area contributed by atoms with E-state index in [0.717, 1.165) is 18.3 Å². The van der Waals surface area contributed by atoms with Gasteiger partial charge in [-0.2, -0.15) is 11.8 Å². The molecule has 114 valence electrons. The van der Waals surface area contributed by atoms with Crippen molar-refractivity contribution in [3.8, 4) is 0 Å². The predicted octanol–water partition coefficient (Wildman–Crippen LogP) is 3.88. The summed E-state index contributed by atoms with van der Waals surface area (Å²) in [6.07, 6.45) is 1.30. The van der Waals surface area contributed by atoms with E-state index < -0.39 is 0 Å². The number of thioether (sulfide) groups is 1. The van der Waals surface area contributed by atoms with Crippen LogP contribution in [0.3, 0.4) is 0 Å². The summed E-state index contributed by atoms with van der Waals surface area (Å²) in [6.45, 7) is 13.7. The van der Waals surface area contributed by atoms with Crippen LogP contribution in [0.2, 0.25) is 0 Å². The van der Waals surface area contributed by atoms with Gasteiger partial charge in [0.05, 0.1) is 0 Å². The number of nitrogens with one attached hydrogen (secondary N) is 1. The summed E-state index contributed by atoms with van der Waals surface area (Å²) < 4.78 is 0. The van der Waals surface area contributed by atoms with Gasteiger partial charge < -0.3 is 5.32 Å². The molecular formula is C16H28N2S2. The van der Waals surface area contributed by atoms with Gasteiger partial charge in [0.2, 0.25) is 0 Å². The second kappa shape index (κ2) is 7.83. The van der Waals surface area contributed by atoms with Crippen LogP contribution >= 0.6 is 23.1 Å². The Morgan fingerprint density at radius 1 is 1.45 bits per heavy atom. The molecule has 1 aliphatic rings. The lowest BCUT2D eigenvalue weighted by Crippen LogP contribution is -2.37. The molecule has 1 N–H and O–H groups in total. The first kappa shape index (κ1) is 16.3. The Balaban J connectivity index is 1.91. The molecule has 0 radical (unpaired) electrons. The Hall–Kier alpha value is -0.0300. The lowest BCUT2D eigenvalue weighted by atomic mass is 10.2. The highest BCUT2D eigenvalue weighted by Gasteiger charge is 2.20. The normalized spacial score (nSPS) is 20.8. The number of hydrogen-bond donors (Lipinski definition) is 1. The standard InChI is InChI=1S/C16H28N2S2/c1-5-15-11-18(6-7-19-15)10-14-8-16(20-13(14)4)9-17-12(2)3/h8,12,15,17H,5-7,9-11H2,1-4H3. The van der Waals surface area contributed by atoms with Crippen LogP contribution in [0.1, 0.15) is 42.5 Å². The Morgan fingerprint density at radius 3 is 2.95 bits per heavy atom. The summed E-state index contributed by atoms with van der Waals surface area (Å²) in [5.74, 6) is 1.30. The summed E-state index contributed by atoms with van der Waals surface area (Å²) in [5.41, 5.74) is 1.54. The van der Waals surface area contributed by atoms with Crippen molar-refractivity contribution < 1.29 is 0 Å². The van der Waals surface area contributed by atoms with E-state index in [0.29, 0.717) is 6.04 Å². The molecule has 1 unspecified atom stereocenters. The van der Waals surface area contributed by atoms with Gasteiger partial charge >= 0.3 is 0 Å². The van der Waals surface area contributed by atoms with Crippen molar-refractivity contribution in [1.82, 2.24) is 10.2 Å². The van der Waals surface area contributed by atoms with Crippen molar-refractivity contribution in [1.29, 1.82) is 0 Å². The first-order valence-corrected chi connectivity index (χ1v) is 9.60. The molecule has 0 bridgehead atoms. The highest BCUT2D eigenvalue weighted by molar-refractivity contribution is 8.00. The average molecular weight is 313 g/mol. The quantitative estimate of drug-likeness (QED) is 0.858. The zero-order valence-corrected chi connectivity index (χ0v) is 14.9. The molecule has 0 aliphatic carbocycles. The van der Waals surface area contributed by atoms with Crippen LogP contribution in [0.25, 0.3) is 0 Å². The monoisotopic (exact) mass is 312 g/mol. The minimum absolute atomic E-state index is 0.560. The van der Waals surface area contributed by atoms with Crippen LogP contribution < -0.4 is 5.32 Å². The van der Waals surface area contributed by atoms with Gasteiger partial charge in [0.1, 0.15) is 0 Å². The number of rotatable bonds is 6. The summed E-state index contributed by atoms with van der Waals surface area (Å²) >= 11 is 4.11. The number of thiophene rings is 1. The fourth-order valence-electron chi connectivity index (χ4n) is 2.55. The highest BCUT2D eigenvalue weighted by Crippen LogP contribution is 2.26.